The highest BCUT2D eigenvalue weighted by Gasteiger charge is 2.18. The fourth-order valence-electron chi connectivity index (χ4n) is 3.54. The van der Waals surface area contributed by atoms with E-state index >= 15 is 0 Å². The molecule has 0 bridgehead atoms. The summed E-state index contributed by atoms with van der Waals surface area (Å²) in [6, 6.07) is 6.72. The largest absolute Gasteiger partial charge is 0.311 e. The number of nitrogens with one attached hydrogen (secondary N) is 1. The maximum Gasteiger partial charge on any atom is 0.124 e. The van der Waals surface area contributed by atoms with Gasteiger partial charge in [-0.05, 0) is 49.3 Å². The second-order valence-electron chi connectivity index (χ2n) is 6.27. The maximum absolute atomic E-state index is 4.93. The Morgan fingerprint density at radius 2 is 2.05 bits per heavy atom. The molecule has 1 aliphatic heterocycles. The van der Waals surface area contributed by atoms with Gasteiger partial charge in [0.15, 0.2) is 0 Å². The Hall–Kier alpha value is -1.45. The van der Waals surface area contributed by atoms with Crippen LogP contribution in [0.25, 0.3) is 16.1 Å². The number of nitrogens with zero attached hydrogens (tertiary/aromatic N) is 1. The number of aromatic nitrogens is 1. The van der Waals surface area contributed by atoms with Gasteiger partial charge in [-0.25, -0.2) is 4.98 Å². The third-order valence-electron chi connectivity index (χ3n) is 4.80. The molecule has 2 heterocycles. The Morgan fingerprint density at radius 1 is 1.14 bits per heavy atom. The smallest absolute Gasteiger partial charge is 0.124 e. The molecule has 0 spiro atoms. The van der Waals surface area contributed by atoms with Gasteiger partial charge < -0.3 is 5.32 Å². The van der Waals surface area contributed by atoms with Crippen molar-refractivity contribution in [2.45, 2.75) is 45.6 Å². The van der Waals surface area contributed by atoms with Gasteiger partial charge in [0.2, 0.25) is 0 Å². The molecule has 4 rings (SSSR count). The average Bonchev–Trinajstić information content (AvgIpc) is 2.99. The summed E-state index contributed by atoms with van der Waals surface area (Å²) >= 11 is 1.86. The molecule has 0 radical (unpaired) electrons. The molecule has 2 aromatic rings. The molecule has 2 nitrogen and oxygen atoms in total. The predicted octanol–water partition coefficient (Wildman–Crippen LogP) is 4.72. The molecule has 0 saturated carbocycles. The van der Waals surface area contributed by atoms with Crippen LogP contribution < -0.4 is 5.32 Å². The molecule has 2 aliphatic rings. The van der Waals surface area contributed by atoms with Crippen molar-refractivity contribution in [2.75, 3.05) is 6.54 Å². The highest BCUT2D eigenvalue weighted by molar-refractivity contribution is 7.15. The molecule has 114 valence electrons. The van der Waals surface area contributed by atoms with Gasteiger partial charge in [0.25, 0.3) is 0 Å². The van der Waals surface area contributed by atoms with Crippen LogP contribution in [-0.2, 0) is 13.0 Å². The Bertz CT molecular complexity index is 704. The quantitative estimate of drug-likeness (QED) is 0.868. The van der Waals surface area contributed by atoms with Crippen LogP contribution in [0.2, 0.25) is 0 Å². The molecule has 0 atom stereocenters. The van der Waals surface area contributed by atoms with Crippen LogP contribution in [-0.4, -0.2) is 11.5 Å². The summed E-state index contributed by atoms with van der Waals surface area (Å²) < 4.78 is 0. The second-order valence-corrected chi connectivity index (χ2v) is 7.35. The molecule has 1 aromatic heterocycles. The molecule has 0 saturated heterocycles. The van der Waals surface area contributed by atoms with Gasteiger partial charge >= 0.3 is 0 Å². The molecule has 22 heavy (non-hydrogen) atoms. The van der Waals surface area contributed by atoms with Crippen LogP contribution in [0.3, 0.4) is 0 Å². The van der Waals surface area contributed by atoms with Gasteiger partial charge in [0.1, 0.15) is 5.01 Å². The van der Waals surface area contributed by atoms with Crippen molar-refractivity contribution >= 4 is 16.9 Å². The van der Waals surface area contributed by atoms with Crippen molar-refractivity contribution in [1.29, 1.82) is 0 Å². The van der Waals surface area contributed by atoms with Gasteiger partial charge in [-0.1, -0.05) is 24.3 Å². The standard InChI is InChI=1S/C19H22N2S/c1-13-15(14-6-3-2-4-7-14)8-5-9-16(13)19-21-17-10-11-20-12-18(17)22-19/h5-6,8-9,20H,2-4,7,10-12H2,1H3. The number of allylic oxidation sites excluding steroid dienone is 2. The Balaban J connectivity index is 1.76. The average molecular weight is 310 g/mol. The Morgan fingerprint density at radius 3 is 2.86 bits per heavy atom. The maximum atomic E-state index is 4.93. The van der Waals surface area contributed by atoms with Crippen LogP contribution in [0.5, 0.6) is 0 Å². The van der Waals surface area contributed by atoms with E-state index in [0.717, 1.165) is 19.5 Å². The van der Waals surface area contributed by atoms with Crippen molar-refractivity contribution in [2.24, 2.45) is 0 Å². The number of benzene rings is 1. The van der Waals surface area contributed by atoms with Crippen molar-refractivity contribution < 1.29 is 0 Å². The van der Waals surface area contributed by atoms with E-state index in [-0.39, 0.29) is 0 Å². The third kappa shape index (κ3) is 2.53. The number of rotatable bonds is 2. The normalized spacial score (nSPS) is 18.0. The summed E-state index contributed by atoms with van der Waals surface area (Å²) in [5.74, 6) is 0. The van der Waals surface area contributed by atoms with Crippen LogP contribution in [0.4, 0.5) is 0 Å². The van der Waals surface area contributed by atoms with Gasteiger partial charge in [0.05, 0.1) is 5.69 Å². The van der Waals surface area contributed by atoms with Crippen LogP contribution in [0.15, 0.2) is 24.3 Å². The number of thiazole rings is 1. The molecule has 3 heteroatoms. The first-order valence-corrected chi connectivity index (χ1v) is 9.13. The summed E-state index contributed by atoms with van der Waals surface area (Å²) in [6.07, 6.45) is 8.63. The lowest BCUT2D eigenvalue weighted by atomic mass is 9.89. The second kappa shape index (κ2) is 5.98. The van der Waals surface area contributed by atoms with Crippen molar-refractivity contribution in [1.82, 2.24) is 10.3 Å². The minimum absolute atomic E-state index is 0.983. The van der Waals surface area contributed by atoms with Gasteiger partial charge in [-0.15, -0.1) is 11.3 Å². The lowest BCUT2D eigenvalue weighted by Crippen LogP contribution is -2.22. The van der Waals surface area contributed by atoms with E-state index in [0.29, 0.717) is 0 Å². The third-order valence-corrected chi connectivity index (χ3v) is 5.93. The van der Waals surface area contributed by atoms with Gasteiger partial charge in [-0.3, -0.25) is 0 Å². The zero-order chi connectivity index (χ0) is 14.9. The van der Waals surface area contributed by atoms with E-state index in [1.807, 2.05) is 11.3 Å². The first-order valence-electron chi connectivity index (χ1n) is 8.31. The molecule has 0 unspecified atom stereocenters. The van der Waals surface area contributed by atoms with E-state index in [1.165, 1.54) is 63.5 Å². The highest BCUT2D eigenvalue weighted by atomic mass is 32.1. The zero-order valence-electron chi connectivity index (χ0n) is 13.1. The van der Waals surface area contributed by atoms with Crippen LogP contribution in [0, 0.1) is 6.92 Å². The van der Waals surface area contributed by atoms with E-state index in [2.05, 4.69) is 36.5 Å². The van der Waals surface area contributed by atoms with E-state index in [4.69, 9.17) is 4.98 Å². The highest BCUT2D eigenvalue weighted by Crippen LogP contribution is 2.36. The van der Waals surface area contributed by atoms with E-state index < -0.39 is 0 Å². The number of fused-ring (bicyclic) bond motifs is 1. The van der Waals surface area contributed by atoms with E-state index in [9.17, 15) is 0 Å². The van der Waals surface area contributed by atoms with Crippen molar-refractivity contribution in [3.63, 3.8) is 0 Å². The van der Waals surface area contributed by atoms with Gasteiger partial charge in [-0.2, -0.15) is 0 Å². The van der Waals surface area contributed by atoms with Crippen molar-refractivity contribution in [3.05, 3.63) is 46.0 Å². The lowest BCUT2D eigenvalue weighted by molar-refractivity contribution is 0.644. The first-order chi connectivity index (χ1) is 10.8. The molecule has 1 aliphatic carbocycles. The first kappa shape index (κ1) is 14.2. The molecular formula is C19H22N2S. The molecule has 1 aromatic carbocycles. The minimum Gasteiger partial charge on any atom is -0.311 e. The fourth-order valence-corrected chi connectivity index (χ4v) is 4.70. The Labute approximate surface area is 136 Å². The fraction of sp³-hybridized carbons (Fsp3) is 0.421. The van der Waals surface area contributed by atoms with Crippen LogP contribution >= 0.6 is 11.3 Å². The molecule has 0 fully saturated rings. The zero-order valence-corrected chi connectivity index (χ0v) is 13.9. The summed E-state index contributed by atoms with van der Waals surface area (Å²) in [6.45, 7) is 4.30. The van der Waals surface area contributed by atoms with Gasteiger partial charge in [0, 0.05) is 30.0 Å². The molecule has 0 amide bonds. The monoisotopic (exact) mass is 310 g/mol. The Kier molecular flexibility index (Phi) is 3.85. The lowest BCUT2D eigenvalue weighted by Gasteiger charge is -2.16. The minimum atomic E-state index is 0.983. The molecular weight excluding hydrogens is 288 g/mol. The SMILES string of the molecule is Cc1c(C2=CCCCC2)cccc1-c1nc2c(s1)CNCC2. The topological polar surface area (TPSA) is 24.9 Å². The van der Waals surface area contributed by atoms with E-state index in [1.54, 1.807) is 0 Å². The predicted molar refractivity (Wildman–Crippen MR) is 94.1 cm³/mol. The number of hydrogen-bond donors (Lipinski definition) is 1. The summed E-state index contributed by atoms with van der Waals surface area (Å²) in [7, 11) is 0. The summed E-state index contributed by atoms with van der Waals surface area (Å²) in [4.78, 5) is 6.35. The molecule has 1 N–H and O–H groups in total. The van der Waals surface area contributed by atoms with Crippen molar-refractivity contribution in [3.8, 4) is 10.6 Å². The number of hydrogen-bond acceptors (Lipinski definition) is 3. The summed E-state index contributed by atoms with van der Waals surface area (Å²) in [5, 5.41) is 4.64. The summed E-state index contributed by atoms with van der Waals surface area (Å²) in [5.41, 5.74) is 7.00. The van der Waals surface area contributed by atoms with Crippen LogP contribution in [0.1, 0.15) is 47.4 Å².